The molecule has 2 aromatic carbocycles. The number of nitrogens with one attached hydrogen (secondary N) is 2. The van der Waals surface area contributed by atoms with Crippen LogP contribution in [-0.2, 0) is 11.3 Å². The van der Waals surface area contributed by atoms with Crippen molar-refractivity contribution < 1.29 is 23.1 Å². The van der Waals surface area contributed by atoms with Gasteiger partial charge in [0.15, 0.2) is 0 Å². The zero-order chi connectivity index (χ0) is 16.3. The zero-order valence-corrected chi connectivity index (χ0v) is 11.6. The van der Waals surface area contributed by atoms with E-state index in [2.05, 4.69) is 10.6 Å². The second kappa shape index (κ2) is 6.15. The van der Waals surface area contributed by atoms with E-state index in [0.29, 0.717) is 6.07 Å². The second-order valence-corrected chi connectivity index (χ2v) is 4.67. The largest absolute Gasteiger partial charge is 0.417 e. The zero-order valence-electron chi connectivity index (χ0n) is 10.9. The molecule has 0 spiro atoms. The molecule has 22 heavy (non-hydrogen) atoms. The average Bonchev–Trinajstić information content (AvgIpc) is 2.42. The normalized spacial score (nSPS) is 11.1. The molecule has 0 fully saturated rings. The van der Waals surface area contributed by atoms with Gasteiger partial charge in [-0.3, -0.25) is 5.11 Å². The molecule has 2 rings (SSSR count). The highest BCUT2D eigenvalue weighted by atomic mass is 35.5. The number of carbonyl (C=O) groups is 1. The monoisotopic (exact) mass is 329 g/mol. The first-order chi connectivity index (χ1) is 10.3. The van der Waals surface area contributed by atoms with E-state index in [-0.39, 0.29) is 11.4 Å². The topological polar surface area (TPSA) is 61.0 Å². The summed E-state index contributed by atoms with van der Waals surface area (Å²) in [6.45, 7) is 0. The Labute approximate surface area is 128 Å². The maximum atomic E-state index is 12.7. The Bertz CT molecular complexity index is 705. The highest BCUT2D eigenvalue weighted by Crippen LogP contribution is 2.36. The van der Waals surface area contributed by atoms with Gasteiger partial charge in [0.1, 0.15) is 0 Å². The fraction of sp³-hybridized carbons (Fsp3) is 0.0714. The Morgan fingerprint density at radius 1 is 1.05 bits per heavy atom. The molecule has 0 unspecified atom stereocenters. The van der Waals surface area contributed by atoms with E-state index >= 15 is 0 Å². The summed E-state index contributed by atoms with van der Waals surface area (Å²) in [5.41, 5.74) is -1.14. The molecule has 2 N–H and O–H groups in total. The second-order valence-electron chi connectivity index (χ2n) is 4.27. The average molecular weight is 330 g/mol. The van der Waals surface area contributed by atoms with Gasteiger partial charge >= 0.3 is 12.2 Å². The minimum absolute atomic E-state index is 0.0185. The predicted octanol–water partition coefficient (Wildman–Crippen LogP) is 5.15. The standard InChI is InChI=1S/C14H9ClF3N2O2/c15-10-6-5-8(7-9(10)14(16,17)18)19-13(22)20-11-3-1-2-4-12(11)21/h1-7H,(H2,19,20,22). The molecule has 2 aromatic rings. The number of amides is 2. The maximum absolute atomic E-state index is 12.7. The molecule has 115 valence electrons. The highest BCUT2D eigenvalue weighted by molar-refractivity contribution is 6.31. The van der Waals surface area contributed by atoms with Gasteiger partial charge in [0, 0.05) is 5.69 Å². The van der Waals surface area contributed by atoms with E-state index in [0.717, 1.165) is 6.07 Å². The van der Waals surface area contributed by atoms with Gasteiger partial charge in [-0.25, -0.2) is 4.79 Å². The minimum atomic E-state index is -4.63. The lowest BCUT2D eigenvalue weighted by atomic mass is 10.2. The van der Waals surface area contributed by atoms with Crippen LogP contribution < -0.4 is 10.6 Å². The van der Waals surface area contributed by atoms with Crippen LogP contribution in [-0.4, -0.2) is 6.03 Å². The summed E-state index contributed by atoms with van der Waals surface area (Å²) < 4.78 is 38.1. The number of hydrogen-bond acceptors (Lipinski definition) is 1. The summed E-state index contributed by atoms with van der Waals surface area (Å²) >= 11 is 5.48. The molecule has 0 bridgehead atoms. The van der Waals surface area contributed by atoms with Crippen LogP contribution in [0.3, 0.4) is 0 Å². The Kier molecular flexibility index (Phi) is 4.46. The fourth-order valence-corrected chi connectivity index (χ4v) is 1.90. The number of alkyl halides is 3. The Morgan fingerprint density at radius 3 is 2.36 bits per heavy atom. The molecule has 0 aromatic heterocycles. The third-order valence-corrected chi connectivity index (χ3v) is 2.99. The first kappa shape index (κ1) is 16.0. The maximum Gasteiger partial charge on any atom is 0.417 e. The summed E-state index contributed by atoms with van der Waals surface area (Å²) in [7, 11) is 0. The summed E-state index contributed by atoms with van der Waals surface area (Å²) in [6.07, 6.45) is -4.63. The third-order valence-electron chi connectivity index (χ3n) is 2.66. The van der Waals surface area contributed by atoms with Crippen LogP contribution in [0.15, 0.2) is 42.5 Å². The van der Waals surface area contributed by atoms with Gasteiger partial charge in [0.05, 0.1) is 16.3 Å². The van der Waals surface area contributed by atoms with Crippen molar-refractivity contribution in [2.24, 2.45) is 0 Å². The Balaban J connectivity index is 2.14. The molecule has 0 atom stereocenters. The van der Waals surface area contributed by atoms with Crippen molar-refractivity contribution in [2.45, 2.75) is 6.18 Å². The van der Waals surface area contributed by atoms with Crippen molar-refractivity contribution in [3.8, 4) is 5.75 Å². The van der Waals surface area contributed by atoms with E-state index in [1.807, 2.05) is 0 Å². The van der Waals surface area contributed by atoms with E-state index in [4.69, 9.17) is 11.6 Å². The van der Waals surface area contributed by atoms with Crippen LogP contribution in [0.4, 0.5) is 29.3 Å². The summed E-state index contributed by atoms with van der Waals surface area (Å²) in [6, 6.07) is 7.80. The highest BCUT2D eigenvalue weighted by Gasteiger charge is 2.33. The predicted molar refractivity (Wildman–Crippen MR) is 75.7 cm³/mol. The molecule has 8 heteroatoms. The lowest BCUT2D eigenvalue weighted by Gasteiger charge is -2.12. The molecule has 0 aliphatic heterocycles. The number of benzene rings is 2. The molecule has 1 radical (unpaired) electrons. The van der Waals surface area contributed by atoms with Crippen LogP contribution in [0.1, 0.15) is 5.56 Å². The van der Waals surface area contributed by atoms with Crippen LogP contribution >= 0.6 is 11.6 Å². The van der Waals surface area contributed by atoms with E-state index in [1.165, 1.54) is 24.3 Å². The molecular formula is C14H9ClF3N2O2. The van der Waals surface area contributed by atoms with E-state index in [1.54, 1.807) is 6.07 Å². The lowest BCUT2D eigenvalue weighted by Crippen LogP contribution is -2.20. The number of rotatable bonds is 2. The first-order valence-corrected chi connectivity index (χ1v) is 6.36. The van der Waals surface area contributed by atoms with Crippen molar-refractivity contribution in [1.29, 1.82) is 0 Å². The van der Waals surface area contributed by atoms with Crippen LogP contribution in [0.25, 0.3) is 0 Å². The van der Waals surface area contributed by atoms with Gasteiger partial charge < -0.3 is 10.6 Å². The minimum Gasteiger partial charge on any atom is -0.308 e. The first-order valence-electron chi connectivity index (χ1n) is 5.98. The van der Waals surface area contributed by atoms with E-state index < -0.39 is 28.5 Å². The number of urea groups is 1. The van der Waals surface area contributed by atoms with Crippen molar-refractivity contribution in [3.63, 3.8) is 0 Å². The van der Waals surface area contributed by atoms with Crippen molar-refractivity contribution in [3.05, 3.63) is 53.1 Å². The molecule has 0 saturated carbocycles. The third kappa shape index (κ3) is 3.82. The van der Waals surface area contributed by atoms with Crippen LogP contribution in [0.2, 0.25) is 5.02 Å². The van der Waals surface area contributed by atoms with Gasteiger partial charge in [0.2, 0.25) is 5.75 Å². The van der Waals surface area contributed by atoms with Crippen LogP contribution in [0.5, 0.6) is 5.75 Å². The number of anilines is 2. The van der Waals surface area contributed by atoms with E-state index in [9.17, 15) is 23.1 Å². The summed E-state index contributed by atoms with van der Waals surface area (Å²) in [5, 5.41) is 15.4. The molecule has 2 amide bonds. The summed E-state index contributed by atoms with van der Waals surface area (Å²) in [4.78, 5) is 11.7. The molecule has 4 nitrogen and oxygen atoms in total. The van der Waals surface area contributed by atoms with Crippen LogP contribution in [0, 0.1) is 0 Å². The molecule has 0 aliphatic carbocycles. The molecule has 0 heterocycles. The number of halogens is 4. The Morgan fingerprint density at radius 2 is 1.73 bits per heavy atom. The van der Waals surface area contributed by atoms with Gasteiger partial charge in [0.25, 0.3) is 0 Å². The quantitative estimate of drug-likeness (QED) is 0.786. The van der Waals surface area contributed by atoms with Crippen molar-refractivity contribution in [2.75, 3.05) is 10.6 Å². The number of carbonyl (C=O) groups excluding carboxylic acids is 1. The molecule has 0 saturated heterocycles. The van der Waals surface area contributed by atoms with Gasteiger partial charge in [-0.15, -0.1) is 0 Å². The van der Waals surface area contributed by atoms with Gasteiger partial charge in [-0.05, 0) is 30.3 Å². The van der Waals surface area contributed by atoms with Gasteiger partial charge in [-0.1, -0.05) is 23.7 Å². The van der Waals surface area contributed by atoms with Crippen molar-refractivity contribution >= 4 is 29.0 Å². The van der Waals surface area contributed by atoms with Crippen molar-refractivity contribution in [1.82, 2.24) is 0 Å². The van der Waals surface area contributed by atoms with Gasteiger partial charge in [-0.2, -0.15) is 13.2 Å². The Hall–Kier alpha value is -2.41. The fourth-order valence-electron chi connectivity index (χ4n) is 1.67. The SMILES string of the molecule is [O]c1ccccc1NC(=O)Nc1ccc(Cl)c(C(F)(F)F)c1. The number of hydrogen-bond donors (Lipinski definition) is 2. The summed E-state index contributed by atoms with van der Waals surface area (Å²) in [5.74, 6) is -0.412. The number of para-hydroxylation sites is 2. The molecule has 0 aliphatic rings. The lowest BCUT2D eigenvalue weighted by molar-refractivity contribution is -0.137. The smallest absolute Gasteiger partial charge is 0.308 e. The molecular weight excluding hydrogens is 321 g/mol.